The highest BCUT2D eigenvalue weighted by molar-refractivity contribution is 8.00. The van der Waals surface area contributed by atoms with Crippen molar-refractivity contribution < 1.29 is 9.18 Å². The Hall–Kier alpha value is -2.67. The van der Waals surface area contributed by atoms with Gasteiger partial charge >= 0.3 is 0 Å². The second-order valence-corrected chi connectivity index (χ2v) is 6.97. The van der Waals surface area contributed by atoms with Crippen molar-refractivity contribution in [2.24, 2.45) is 0 Å². The van der Waals surface area contributed by atoms with Crippen molar-refractivity contribution in [3.63, 3.8) is 0 Å². The maximum atomic E-state index is 14.4. The van der Waals surface area contributed by atoms with Gasteiger partial charge in [0.15, 0.2) is 5.16 Å². The van der Waals surface area contributed by atoms with Crippen LogP contribution < -0.4 is 10.9 Å². The third-order valence-corrected chi connectivity index (χ3v) is 4.89. The predicted octanol–water partition coefficient (Wildman–Crippen LogP) is 3.14. The fourth-order valence-corrected chi connectivity index (χ4v) is 3.51. The van der Waals surface area contributed by atoms with Gasteiger partial charge in [-0.1, -0.05) is 36.0 Å². The lowest BCUT2D eigenvalue weighted by atomic mass is 10.2. The topological polar surface area (TPSA) is 64.0 Å². The lowest BCUT2D eigenvalue weighted by Gasteiger charge is -2.16. The van der Waals surface area contributed by atoms with E-state index in [1.54, 1.807) is 43.3 Å². The van der Waals surface area contributed by atoms with Crippen molar-refractivity contribution in [1.82, 2.24) is 14.9 Å². The van der Waals surface area contributed by atoms with E-state index in [1.807, 2.05) is 6.92 Å². The molecule has 0 spiro atoms. The van der Waals surface area contributed by atoms with Crippen molar-refractivity contribution >= 4 is 28.6 Å². The van der Waals surface area contributed by atoms with Crippen LogP contribution >= 0.6 is 11.8 Å². The van der Waals surface area contributed by atoms with Gasteiger partial charge in [0.2, 0.25) is 5.91 Å². The number of hydrogen-bond acceptors (Lipinski definition) is 4. The monoisotopic (exact) mass is 371 g/mol. The molecule has 1 atom stereocenters. The Balaban J connectivity index is 2.20. The molecule has 1 N–H and O–H groups in total. The van der Waals surface area contributed by atoms with Gasteiger partial charge in [-0.2, -0.15) is 0 Å². The highest BCUT2D eigenvalue weighted by Crippen LogP contribution is 2.26. The van der Waals surface area contributed by atoms with Gasteiger partial charge in [-0.15, -0.1) is 0 Å². The van der Waals surface area contributed by atoms with Crippen molar-refractivity contribution in [3.05, 3.63) is 64.7 Å². The minimum atomic E-state index is -0.529. The first-order valence-corrected chi connectivity index (χ1v) is 9.12. The number of nitrogens with zero attached hydrogens (tertiary/aromatic N) is 2. The molecule has 0 bridgehead atoms. The average Bonchev–Trinajstić information content (AvgIpc) is 2.63. The Labute approximate surface area is 154 Å². The number of carbonyl (C=O) groups excluding carboxylic acids is 1. The molecule has 134 valence electrons. The summed E-state index contributed by atoms with van der Waals surface area (Å²) in [5.74, 6) is -0.695. The first-order valence-electron chi connectivity index (χ1n) is 8.24. The Morgan fingerprint density at radius 1 is 1.23 bits per heavy atom. The van der Waals surface area contributed by atoms with Crippen LogP contribution in [0.15, 0.2) is 58.5 Å². The lowest BCUT2D eigenvalue weighted by molar-refractivity contribution is -0.120. The number of thioether (sulfide) groups is 1. The summed E-state index contributed by atoms with van der Waals surface area (Å²) >= 11 is 1.12. The third-order valence-electron chi connectivity index (χ3n) is 3.84. The molecule has 0 saturated carbocycles. The van der Waals surface area contributed by atoms with E-state index >= 15 is 0 Å². The zero-order chi connectivity index (χ0) is 18.7. The minimum Gasteiger partial charge on any atom is -0.355 e. The normalized spacial score (nSPS) is 12.1. The largest absolute Gasteiger partial charge is 0.355 e. The van der Waals surface area contributed by atoms with Crippen LogP contribution in [0, 0.1) is 5.82 Å². The van der Waals surface area contributed by atoms with E-state index in [2.05, 4.69) is 10.3 Å². The Kier molecular flexibility index (Phi) is 5.37. The summed E-state index contributed by atoms with van der Waals surface area (Å²) in [7, 11) is 0. The molecule has 0 saturated heterocycles. The number of rotatable bonds is 5. The fraction of sp³-hybridized carbons (Fsp3) is 0.211. The van der Waals surface area contributed by atoms with Gasteiger partial charge < -0.3 is 5.32 Å². The molecular formula is C19H18FN3O2S. The van der Waals surface area contributed by atoms with Gasteiger partial charge in [0.25, 0.3) is 5.56 Å². The summed E-state index contributed by atoms with van der Waals surface area (Å²) in [4.78, 5) is 29.6. The first kappa shape index (κ1) is 18.1. The van der Waals surface area contributed by atoms with Crippen molar-refractivity contribution in [3.8, 4) is 5.69 Å². The molecular weight excluding hydrogens is 353 g/mol. The molecule has 3 rings (SSSR count). The fourth-order valence-electron chi connectivity index (χ4n) is 2.57. The highest BCUT2D eigenvalue weighted by atomic mass is 32.2. The van der Waals surface area contributed by atoms with Crippen LogP contribution in [0.25, 0.3) is 16.6 Å². The Morgan fingerprint density at radius 2 is 1.92 bits per heavy atom. The quantitative estimate of drug-likeness (QED) is 0.553. The Morgan fingerprint density at radius 3 is 2.65 bits per heavy atom. The lowest BCUT2D eigenvalue weighted by Crippen LogP contribution is -2.31. The van der Waals surface area contributed by atoms with Gasteiger partial charge in [0.05, 0.1) is 21.8 Å². The number of aromatic nitrogens is 2. The highest BCUT2D eigenvalue weighted by Gasteiger charge is 2.21. The van der Waals surface area contributed by atoms with Crippen LogP contribution in [0.5, 0.6) is 0 Å². The first-order chi connectivity index (χ1) is 12.5. The molecule has 0 unspecified atom stereocenters. The van der Waals surface area contributed by atoms with Gasteiger partial charge in [-0.3, -0.25) is 14.2 Å². The van der Waals surface area contributed by atoms with Crippen LogP contribution in [-0.2, 0) is 4.79 Å². The summed E-state index contributed by atoms with van der Waals surface area (Å²) in [5, 5.41) is 2.92. The van der Waals surface area contributed by atoms with E-state index in [9.17, 15) is 14.0 Å². The van der Waals surface area contributed by atoms with Gasteiger partial charge in [0, 0.05) is 6.54 Å². The number of nitrogens with one attached hydrogen (secondary N) is 1. The number of para-hydroxylation sites is 2. The average molecular weight is 371 g/mol. The minimum absolute atomic E-state index is 0.112. The van der Waals surface area contributed by atoms with Crippen molar-refractivity contribution in [2.75, 3.05) is 6.54 Å². The SMILES string of the molecule is CCNC(=O)[C@@H](C)Sc1nc2ccccc2c(=O)n1-c1ccccc1F. The summed E-state index contributed by atoms with van der Waals surface area (Å²) in [5.41, 5.74) is 0.253. The molecule has 26 heavy (non-hydrogen) atoms. The summed E-state index contributed by atoms with van der Waals surface area (Å²) in [6.07, 6.45) is 0. The summed E-state index contributed by atoms with van der Waals surface area (Å²) in [6.45, 7) is 4.07. The van der Waals surface area contributed by atoms with Crippen molar-refractivity contribution in [1.29, 1.82) is 0 Å². The molecule has 1 aromatic heterocycles. The third kappa shape index (κ3) is 3.48. The molecule has 3 aromatic rings. The van der Waals surface area contributed by atoms with Gasteiger partial charge in [-0.05, 0) is 38.1 Å². The van der Waals surface area contributed by atoms with Crippen LogP contribution in [0.2, 0.25) is 0 Å². The van der Waals surface area contributed by atoms with E-state index in [4.69, 9.17) is 0 Å². The number of fused-ring (bicyclic) bond motifs is 1. The molecule has 1 heterocycles. The molecule has 7 heteroatoms. The summed E-state index contributed by atoms with van der Waals surface area (Å²) < 4.78 is 15.6. The number of benzene rings is 2. The zero-order valence-corrected chi connectivity index (χ0v) is 15.2. The standard InChI is InChI=1S/C19H18FN3O2S/c1-3-21-17(24)12(2)26-19-22-15-10-6-4-8-13(15)18(25)23(19)16-11-7-5-9-14(16)20/h4-12H,3H2,1-2H3,(H,21,24)/t12-/m1/s1. The van der Waals surface area contributed by atoms with E-state index < -0.39 is 11.1 Å². The maximum absolute atomic E-state index is 14.4. The van der Waals surface area contributed by atoms with Crippen LogP contribution in [-0.4, -0.2) is 27.3 Å². The maximum Gasteiger partial charge on any atom is 0.266 e. The van der Waals surface area contributed by atoms with E-state index in [0.29, 0.717) is 17.4 Å². The number of halogens is 1. The molecule has 2 aromatic carbocycles. The van der Waals surface area contributed by atoms with Crippen LogP contribution in [0.1, 0.15) is 13.8 Å². The molecule has 0 radical (unpaired) electrons. The number of hydrogen-bond donors (Lipinski definition) is 1. The molecule has 5 nitrogen and oxygen atoms in total. The van der Waals surface area contributed by atoms with Crippen LogP contribution in [0.3, 0.4) is 0 Å². The summed E-state index contributed by atoms with van der Waals surface area (Å²) in [6, 6.07) is 12.9. The predicted molar refractivity (Wildman–Crippen MR) is 101 cm³/mol. The second-order valence-electron chi connectivity index (χ2n) is 5.66. The van der Waals surface area contributed by atoms with Crippen LogP contribution in [0.4, 0.5) is 4.39 Å². The molecule has 0 aliphatic rings. The van der Waals surface area contributed by atoms with E-state index in [1.165, 1.54) is 16.7 Å². The van der Waals surface area contributed by atoms with E-state index in [0.717, 1.165) is 11.8 Å². The molecule has 0 fully saturated rings. The smallest absolute Gasteiger partial charge is 0.266 e. The Bertz CT molecular complexity index is 1020. The zero-order valence-electron chi connectivity index (χ0n) is 14.4. The number of carbonyl (C=O) groups is 1. The molecule has 0 aliphatic heterocycles. The molecule has 0 aliphatic carbocycles. The second kappa shape index (κ2) is 7.70. The van der Waals surface area contributed by atoms with Gasteiger partial charge in [0.1, 0.15) is 5.82 Å². The van der Waals surface area contributed by atoms with E-state index in [-0.39, 0.29) is 22.3 Å². The number of amides is 1. The molecule has 1 amide bonds. The van der Waals surface area contributed by atoms with Crippen molar-refractivity contribution in [2.45, 2.75) is 24.3 Å². The van der Waals surface area contributed by atoms with Gasteiger partial charge in [-0.25, -0.2) is 9.37 Å².